The second-order valence-corrected chi connectivity index (χ2v) is 4.33. The third-order valence-corrected chi connectivity index (χ3v) is 1.78. The standard InChI is InChI=1S/C3H4N2O.C3H8NO5P/c6-3-1-4-2-5-3;5-3(6)1-4-2-10(7,8)9/h2H,1H2,(H,4,5,6);4H,1-2H2,(H,5,6)(H2,7,8,9). The van der Waals surface area contributed by atoms with E-state index in [4.69, 9.17) is 14.9 Å². The Morgan fingerprint density at radius 2 is 2.25 bits per heavy atom. The molecule has 1 aliphatic heterocycles. The van der Waals surface area contributed by atoms with Gasteiger partial charge in [-0.2, -0.15) is 0 Å². The Hall–Kier alpha value is -1.28. The van der Waals surface area contributed by atoms with Gasteiger partial charge in [0.25, 0.3) is 0 Å². The molecule has 1 rings (SSSR count). The van der Waals surface area contributed by atoms with Crippen molar-refractivity contribution in [3.05, 3.63) is 0 Å². The number of aliphatic imine (C=N–C) groups is 1. The molecule has 0 aliphatic carbocycles. The summed E-state index contributed by atoms with van der Waals surface area (Å²) in [5.41, 5.74) is 0. The molecular formula is C6H12N3O6P. The number of hydrogen-bond donors (Lipinski definition) is 5. The Labute approximate surface area is 90.7 Å². The highest BCUT2D eigenvalue weighted by molar-refractivity contribution is 7.51. The molecular weight excluding hydrogens is 241 g/mol. The summed E-state index contributed by atoms with van der Waals surface area (Å²) >= 11 is 0. The maximum Gasteiger partial charge on any atom is 0.339 e. The van der Waals surface area contributed by atoms with Crippen molar-refractivity contribution in [1.82, 2.24) is 10.6 Å². The quantitative estimate of drug-likeness (QED) is 0.362. The molecule has 0 unspecified atom stereocenters. The molecule has 92 valence electrons. The second kappa shape index (κ2) is 7.07. The highest BCUT2D eigenvalue weighted by Gasteiger charge is 2.11. The molecule has 1 heterocycles. The predicted octanol–water partition coefficient (Wildman–Crippen LogP) is -2.06. The van der Waals surface area contributed by atoms with E-state index < -0.39 is 26.4 Å². The number of nitrogens with one attached hydrogen (secondary N) is 2. The van der Waals surface area contributed by atoms with Crippen molar-refractivity contribution in [1.29, 1.82) is 0 Å². The van der Waals surface area contributed by atoms with E-state index in [-0.39, 0.29) is 5.91 Å². The van der Waals surface area contributed by atoms with Crippen molar-refractivity contribution < 1.29 is 29.0 Å². The average molecular weight is 253 g/mol. The van der Waals surface area contributed by atoms with E-state index in [0.29, 0.717) is 6.54 Å². The molecule has 5 N–H and O–H groups in total. The molecule has 1 amide bonds. The zero-order valence-corrected chi connectivity index (χ0v) is 9.05. The summed E-state index contributed by atoms with van der Waals surface area (Å²) in [6.07, 6.45) is 0.807. The van der Waals surface area contributed by atoms with Crippen LogP contribution in [0.3, 0.4) is 0 Å². The van der Waals surface area contributed by atoms with Crippen LogP contribution in [-0.2, 0) is 14.2 Å². The molecule has 16 heavy (non-hydrogen) atoms. The van der Waals surface area contributed by atoms with Gasteiger partial charge in [-0.05, 0) is 0 Å². The smallest absolute Gasteiger partial charge is 0.339 e. The molecule has 10 heteroatoms. The summed E-state index contributed by atoms with van der Waals surface area (Å²) in [4.78, 5) is 39.7. The van der Waals surface area contributed by atoms with Crippen LogP contribution in [0.1, 0.15) is 0 Å². The van der Waals surface area contributed by atoms with Gasteiger partial charge >= 0.3 is 13.6 Å². The SMILES string of the molecule is O=C(O)CNCP(=O)(O)O.O=C1CN=CN1. The van der Waals surface area contributed by atoms with Gasteiger partial charge in [0.15, 0.2) is 0 Å². The highest BCUT2D eigenvalue weighted by Crippen LogP contribution is 2.31. The fourth-order valence-corrected chi connectivity index (χ4v) is 1.00. The average Bonchev–Trinajstić information content (AvgIpc) is 2.53. The number of nitrogens with zero attached hydrogens (tertiary/aromatic N) is 1. The van der Waals surface area contributed by atoms with E-state index in [1.165, 1.54) is 6.34 Å². The largest absolute Gasteiger partial charge is 0.480 e. The van der Waals surface area contributed by atoms with E-state index >= 15 is 0 Å². The number of carbonyl (C=O) groups is 2. The lowest BCUT2D eigenvalue weighted by atomic mass is 10.7. The monoisotopic (exact) mass is 253 g/mol. The molecule has 0 aromatic carbocycles. The van der Waals surface area contributed by atoms with Gasteiger partial charge in [-0.1, -0.05) is 0 Å². The van der Waals surface area contributed by atoms with Crippen LogP contribution in [-0.4, -0.2) is 52.5 Å². The van der Waals surface area contributed by atoms with Crippen molar-refractivity contribution in [3.63, 3.8) is 0 Å². The number of rotatable bonds is 4. The molecule has 0 aromatic heterocycles. The molecule has 0 saturated heterocycles. The van der Waals surface area contributed by atoms with Crippen molar-refractivity contribution in [2.75, 3.05) is 19.4 Å². The minimum atomic E-state index is -4.10. The zero-order chi connectivity index (χ0) is 12.6. The third-order valence-electron chi connectivity index (χ3n) is 1.15. The normalized spacial score (nSPS) is 14.0. The van der Waals surface area contributed by atoms with E-state index in [1.807, 2.05) is 0 Å². The number of carboxylic acid groups (broad SMARTS) is 1. The zero-order valence-electron chi connectivity index (χ0n) is 8.16. The number of carbonyl (C=O) groups excluding carboxylic acids is 1. The Morgan fingerprint density at radius 3 is 2.50 bits per heavy atom. The Morgan fingerprint density at radius 1 is 1.62 bits per heavy atom. The molecule has 9 nitrogen and oxygen atoms in total. The number of carboxylic acids is 1. The molecule has 0 aromatic rings. The van der Waals surface area contributed by atoms with Gasteiger partial charge in [0.05, 0.1) is 19.2 Å². The van der Waals surface area contributed by atoms with Crippen LogP contribution >= 0.6 is 7.60 Å². The van der Waals surface area contributed by atoms with Crippen LogP contribution in [0.25, 0.3) is 0 Å². The summed E-state index contributed by atoms with van der Waals surface area (Å²) in [5.74, 6) is -1.16. The first-order chi connectivity index (χ1) is 7.31. The number of amides is 1. The van der Waals surface area contributed by atoms with E-state index in [0.717, 1.165) is 0 Å². The lowest BCUT2D eigenvalue weighted by molar-refractivity contribution is -0.135. The summed E-state index contributed by atoms with van der Waals surface area (Å²) < 4.78 is 10.1. The van der Waals surface area contributed by atoms with Crippen molar-refractivity contribution in [2.45, 2.75) is 0 Å². The van der Waals surface area contributed by atoms with Crippen LogP contribution in [0.5, 0.6) is 0 Å². The van der Waals surface area contributed by atoms with Crippen LogP contribution in [0.15, 0.2) is 4.99 Å². The van der Waals surface area contributed by atoms with Crippen LogP contribution in [0.2, 0.25) is 0 Å². The molecule has 0 atom stereocenters. The first-order valence-electron chi connectivity index (χ1n) is 4.06. The first kappa shape index (κ1) is 14.7. The molecule has 0 fully saturated rings. The maximum absolute atomic E-state index is 10.1. The summed E-state index contributed by atoms with van der Waals surface area (Å²) in [7, 11) is -4.10. The van der Waals surface area contributed by atoms with Crippen molar-refractivity contribution in [3.8, 4) is 0 Å². The molecule has 0 spiro atoms. The van der Waals surface area contributed by atoms with Gasteiger partial charge in [0.1, 0.15) is 6.54 Å². The van der Waals surface area contributed by atoms with Gasteiger partial charge in [-0.25, -0.2) is 0 Å². The number of aliphatic carboxylic acids is 1. The van der Waals surface area contributed by atoms with Gasteiger partial charge in [-0.3, -0.25) is 24.5 Å². The molecule has 0 radical (unpaired) electrons. The predicted molar refractivity (Wildman–Crippen MR) is 54.1 cm³/mol. The van der Waals surface area contributed by atoms with Gasteiger partial charge < -0.3 is 20.2 Å². The minimum absolute atomic E-state index is 0.0185. The highest BCUT2D eigenvalue weighted by atomic mass is 31.2. The summed E-state index contributed by atoms with van der Waals surface area (Å²) in [5, 5.41) is 12.4. The fourth-order valence-electron chi connectivity index (χ4n) is 0.600. The Balaban J connectivity index is 0.000000315. The lowest BCUT2D eigenvalue weighted by Crippen LogP contribution is -2.23. The van der Waals surface area contributed by atoms with E-state index in [2.05, 4.69) is 15.6 Å². The third kappa shape index (κ3) is 10.8. The van der Waals surface area contributed by atoms with Crippen LogP contribution < -0.4 is 10.6 Å². The summed E-state index contributed by atoms with van der Waals surface area (Å²) in [6.45, 7) is -0.134. The van der Waals surface area contributed by atoms with Gasteiger partial charge in [-0.15, -0.1) is 0 Å². The van der Waals surface area contributed by atoms with Crippen molar-refractivity contribution >= 4 is 25.8 Å². The van der Waals surface area contributed by atoms with Gasteiger partial charge in [0.2, 0.25) is 5.91 Å². The Kier molecular flexibility index (Phi) is 6.50. The fraction of sp³-hybridized carbons (Fsp3) is 0.500. The van der Waals surface area contributed by atoms with Crippen LogP contribution in [0.4, 0.5) is 0 Å². The maximum atomic E-state index is 10.1. The second-order valence-electron chi connectivity index (χ2n) is 2.68. The topological polar surface area (TPSA) is 148 Å². The molecule has 0 saturated carbocycles. The molecule has 1 aliphatic rings. The molecule has 0 bridgehead atoms. The van der Waals surface area contributed by atoms with Crippen LogP contribution in [0, 0.1) is 0 Å². The first-order valence-corrected chi connectivity index (χ1v) is 5.86. The van der Waals surface area contributed by atoms with Crippen molar-refractivity contribution in [2.24, 2.45) is 4.99 Å². The van der Waals surface area contributed by atoms with E-state index in [9.17, 15) is 14.2 Å². The lowest BCUT2D eigenvalue weighted by Gasteiger charge is -2.02. The van der Waals surface area contributed by atoms with Gasteiger partial charge in [0, 0.05) is 0 Å². The summed E-state index contributed by atoms with van der Waals surface area (Å²) in [6, 6.07) is 0. The Bertz CT molecular complexity index is 314. The van der Waals surface area contributed by atoms with E-state index in [1.54, 1.807) is 0 Å². The number of hydrogen-bond acceptors (Lipinski definition) is 5. The minimum Gasteiger partial charge on any atom is -0.480 e.